The van der Waals surface area contributed by atoms with E-state index in [2.05, 4.69) is 42.5 Å². The van der Waals surface area contributed by atoms with Crippen LogP contribution in [0.2, 0.25) is 0 Å². The number of H-pyrrole nitrogens is 1. The Bertz CT molecular complexity index is 3060. The third-order valence-corrected chi connectivity index (χ3v) is 15.0. The van der Waals surface area contributed by atoms with E-state index in [4.69, 9.17) is 33.8 Å². The minimum atomic E-state index is -2.05. The summed E-state index contributed by atoms with van der Waals surface area (Å²) in [6.07, 6.45) is -16.2. The number of anilines is 2. The number of nitrogens with one attached hydrogen (secondary N) is 10. The molecule has 5 heterocycles. The van der Waals surface area contributed by atoms with Crippen LogP contribution in [0.4, 0.5) is 25.8 Å². The van der Waals surface area contributed by atoms with Gasteiger partial charge in [-0.15, -0.1) is 0 Å². The van der Waals surface area contributed by atoms with Gasteiger partial charge in [-0.25, -0.2) is 28.9 Å². The van der Waals surface area contributed by atoms with Gasteiger partial charge in [0, 0.05) is 51.2 Å². The summed E-state index contributed by atoms with van der Waals surface area (Å²) >= 11 is 0. The summed E-state index contributed by atoms with van der Waals surface area (Å²) in [6.45, 7) is 5.31. The number of hydrogen-bond acceptors (Lipinski definition) is 20. The van der Waals surface area contributed by atoms with Crippen LogP contribution in [0.25, 0.3) is 0 Å². The molecular formula is C54H75N13O20. The zero-order valence-electron chi connectivity index (χ0n) is 48.5. The number of ether oxygens (including phenoxy) is 6. The molecule has 2 aromatic carbocycles. The van der Waals surface area contributed by atoms with Crippen molar-refractivity contribution in [3.8, 4) is 11.5 Å². The van der Waals surface area contributed by atoms with E-state index >= 15 is 4.79 Å². The Morgan fingerprint density at radius 1 is 0.793 bits per heavy atom. The van der Waals surface area contributed by atoms with Crippen molar-refractivity contribution < 1.29 is 87.5 Å². The Kier molecular flexibility index (Phi) is 22.3. The lowest BCUT2D eigenvalue weighted by Gasteiger charge is -2.36. The summed E-state index contributed by atoms with van der Waals surface area (Å²) in [4.78, 5) is 126. The number of rotatable bonds is 26. The number of benzene rings is 2. The number of carboxylic acid groups (broad SMARTS) is 1. The van der Waals surface area contributed by atoms with Crippen LogP contribution in [0.3, 0.4) is 0 Å². The number of nitrogens with zero attached hydrogens (tertiary/aromatic N) is 3. The van der Waals surface area contributed by atoms with Crippen LogP contribution in [-0.4, -0.2) is 221 Å². The van der Waals surface area contributed by atoms with Gasteiger partial charge in [-0.1, -0.05) is 27.7 Å². The van der Waals surface area contributed by atoms with Crippen LogP contribution >= 0.6 is 0 Å². The fraction of sp³-hybridized carbons (Fsp3) is 0.556. The van der Waals surface area contributed by atoms with E-state index in [1.165, 1.54) is 45.6 Å². The number of methoxy groups -OCH3 is 3. The normalized spacial score (nSPS) is 25.4. The predicted molar refractivity (Wildman–Crippen MR) is 303 cm³/mol. The van der Waals surface area contributed by atoms with Crippen molar-refractivity contribution in [2.75, 3.05) is 57.7 Å². The molecule has 87 heavy (non-hydrogen) atoms. The number of aliphatic hydroxyl groups is 4. The Morgan fingerprint density at radius 3 is 2.06 bits per heavy atom. The van der Waals surface area contributed by atoms with E-state index in [0.717, 1.165) is 26.6 Å². The standard InChI is InChI=1S/C54H75N13O20/c1-24(2)33(48(76)77)63-52(79)64-34(30-17-20-57-50(55)60-30)45(74)62-35(37(69)25(3)4)44(73)56-19-8-21-65-36(46(75)67(54(65)81)27-11-15-29(83-6)16-12-27)41(42-39(71)40(72)47(86-42)66-22-18-32(68)61-53(66)80)87-49-43(84-7)38(70)31(85-49)23-58-51(78)59-26-9-13-28(82-5)14-10-26/h9-16,18,22,24-25,30-31,33-43,47,49,69-72H,8,17,19-21,23H2,1-7H3,(H,56,73)(H,62,74)(H,76,77)(H3,55,57,60)(H2,58,59,78)(H,61,68,80)(H2,63,64,79)/t30?,31-,33?,34?,35?,36?,37?,38?,39?,40?,41?,42+,43?,47-,49?/m1/s1. The molecule has 0 saturated carbocycles. The summed E-state index contributed by atoms with van der Waals surface area (Å²) < 4.78 is 35.8. The quantitative estimate of drug-likeness (QED) is 0.0281. The molecule has 4 fully saturated rings. The first-order valence-electron chi connectivity index (χ1n) is 27.8. The third-order valence-electron chi connectivity index (χ3n) is 15.0. The maximum Gasteiger partial charge on any atom is 0.332 e. The second kappa shape index (κ2) is 29.3. The van der Waals surface area contributed by atoms with Gasteiger partial charge in [-0.05, 0) is 73.2 Å². The number of carbonyl (C=O) groups excluding carboxylic acids is 6. The molecule has 15 atom stereocenters. The topological polar surface area (TPSA) is 457 Å². The summed E-state index contributed by atoms with van der Waals surface area (Å²) in [5, 5.41) is 85.0. The fourth-order valence-corrected chi connectivity index (χ4v) is 10.3. The number of aromatic nitrogens is 2. The van der Waals surface area contributed by atoms with Crippen molar-refractivity contribution >= 4 is 59.1 Å². The number of hydrogen-bond donors (Lipinski definition) is 15. The Morgan fingerprint density at radius 2 is 1.46 bits per heavy atom. The SMILES string of the molecule is COc1ccc(NC(=O)NC[C@H]2OC(OC(C3C(=O)N(c4ccc(OC)cc4)C(=O)N3CCCNC(=O)C(NC(=O)C(NC(=O)NC(C(=O)O)C(C)C)C3CCNC(=N)N3)C(O)C(C)C)[C@H]3O[C@@H](n4ccc(=O)[nH]c4=O)C(O)C3O)C(OC)C2O)cc1. The van der Waals surface area contributed by atoms with Crippen LogP contribution in [-0.2, 0) is 38.1 Å². The highest BCUT2D eigenvalue weighted by Gasteiger charge is 2.59. The molecule has 7 rings (SSSR count). The van der Waals surface area contributed by atoms with E-state index in [1.807, 2.05) is 4.98 Å². The van der Waals surface area contributed by atoms with Crippen LogP contribution in [0, 0.1) is 17.2 Å². The highest BCUT2D eigenvalue weighted by Crippen LogP contribution is 2.39. The minimum Gasteiger partial charge on any atom is -0.497 e. The molecule has 33 heteroatoms. The van der Waals surface area contributed by atoms with Crippen molar-refractivity contribution in [3.63, 3.8) is 0 Å². The number of urea groups is 3. The summed E-state index contributed by atoms with van der Waals surface area (Å²) in [5.74, 6) is -4.84. The number of aromatic amines is 1. The van der Waals surface area contributed by atoms with Crippen LogP contribution < -0.4 is 68.2 Å². The molecule has 4 aliphatic rings. The molecule has 4 saturated heterocycles. The van der Waals surface area contributed by atoms with Gasteiger partial charge in [-0.2, -0.15) is 0 Å². The highest BCUT2D eigenvalue weighted by atomic mass is 16.7. The lowest BCUT2D eigenvalue weighted by molar-refractivity contribution is -0.232. The smallest absolute Gasteiger partial charge is 0.332 e. The fourth-order valence-electron chi connectivity index (χ4n) is 10.3. The van der Waals surface area contributed by atoms with E-state index in [9.17, 15) is 63.9 Å². The van der Waals surface area contributed by atoms with Crippen molar-refractivity contribution in [2.24, 2.45) is 11.8 Å². The second-order valence-electron chi connectivity index (χ2n) is 21.5. The lowest BCUT2D eigenvalue weighted by Crippen LogP contribution is -2.67. The predicted octanol–water partition coefficient (Wildman–Crippen LogP) is -3.01. The number of carbonyl (C=O) groups is 7. The molecular weight excluding hydrogens is 1150 g/mol. The van der Waals surface area contributed by atoms with Gasteiger partial charge in [0.05, 0.1) is 32.1 Å². The maximum atomic E-state index is 15.2. The van der Waals surface area contributed by atoms with Gasteiger partial charge in [0.25, 0.3) is 11.5 Å². The zero-order valence-corrected chi connectivity index (χ0v) is 48.5. The van der Waals surface area contributed by atoms with Gasteiger partial charge in [0.1, 0.15) is 78.4 Å². The molecule has 476 valence electrons. The van der Waals surface area contributed by atoms with E-state index in [0.29, 0.717) is 17.2 Å². The van der Waals surface area contributed by atoms with Crippen molar-refractivity contribution in [1.29, 1.82) is 5.41 Å². The third kappa shape index (κ3) is 15.6. The molecule has 0 radical (unpaired) electrons. The van der Waals surface area contributed by atoms with Gasteiger partial charge >= 0.3 is 29.8 Å². The highest BCUT2D eigenvalue weighted by molar-refractivity contribution is 6.21. The lowest BCUT2D eigenvalue weighted by atomic mass is 9.97. The summed E-state index contributed by atoms with van der Waals surface area (Å²) in [5.41, 5.74) is -1.46. The van der Waals surface area contributed by atoms with Crippen LogP contribution in [0.15, 0.2) is 70.4 Å². The van der Waals surface area contributed by atoms with E-state index in [-0.39, 0.29) is 44.1 Å². The van der Waals surface area contributed by atoms with E-state index in [1.54, 1.807) is 52.0 Å². The van der Waals surface area contributed by atoms with Crippen molar-refractivity contribution in [2.45, 2.75) is 132 Å². The second-order valence-corrected chi connectivity index (χ2v) is 21.5. The molecule has 15 N–H and O–H groups in total. The Hall–Kier alpha value is -8.44. The minimum absolute atomic E-state index is 0.0157. The molecule has 1 aromatic heterocycles. The number of imide groups is 1. The Labute approximate surface area is 497 Å². The monoisotopic (exact) mass is 1230 g/mol. The number of aliphatic carboxylic acids is 1. The molecule has 0 spiro atoms. The van der Waals surface area contributed by atoms with Gasteiger partial charge in [0.15, 0.2) is 18.5 Å². The first-order chi connectivity index (χ1) is 41.4. The molecule has 33 nitrogen and oxygen atoms in total. The average molecular weight is 1230 g/mol. The van der Waals surface area contributed by atoms with E-state index < -0.39 is 163 Å². The number of guanidine groups is 1. The first kappa shape index (κ1) is 66.1. The maximum absolute atomic E-state index is 15.2. The van der Waals surface area contributed by atoms with Crippen molar-refractivity contribution in [3.05, 3.63) is 81.6 Å². The summed E-state index contributed by atoms with van der Waals surface area (Å²) in [7, 11) is 4.07. The van der Waals surface area contributed by atoms with Crippen LogP contribution in [0.5, 0.6) is 11.5 Å². The molecule has 12 unspecified atom stereocenters. The summed E-state index contributed by atoms with van der Waals surface area (Å²) in [6, 6.07) is 2.89. The number of carboxylic acids is 1. The number of amides is 9. The molecule has 4 aliphatic heterocycles. The van der Waals surface area contributed by atoms with Gasteiger partial charge < -0.3 is 101 Å². The molecule has 9 amide bonds. The van der Waals surface area contributed by atoms with Gasteiger partial charge in [-0.3, -0.25) is 34.1 Å². The van der Waals surface area contributed by atoms with Gasteiger partial charge in [0.2, 0.25) is 11.8 Å². The van der Waals surface area contributed by atoms with Crippen LogP contribution in [0.1, 0.15) is 46.8 Å². The molecule has 3 aromatic rings. The average Bonchev–Trinajstić information content (AvgIpc) is 1.90. The molecule has 0 bridgehead atoms. The largest absolute Gasteiger partial charge is 0.497 e. The van der Waals surface area contributed by atoms with Crippen molar-refractivity contribution in [1.82, 2.24) is 51.7 Å². The number of aliphatic hydroxyl groups excluding tert-OH is 4. The molecule has 0 aliphatic carbocycles. The zero-order chi connectivity index (χ0) is 63.6. The Balaban J connectivity index is 1.17. The first-order valence-corrected chi connectivity index (χ1v) is 27.8.